The van der Waals surface area contributed by atoms with Crippen LogP contribution in [0.25, 0.3) is 0 Å². The minimum Gasteiger partial charge on any atom is -0.349 e. The molecule has 2 rings (SSSR count). The SMILES string of the molecule is CC1CCCC(C)C1N(C)C(=O)Nc1ccc(CC(=O)N(C)C)cc1. The maximum atomic E-state index is 12.6. The first-order valence-electron chi connectivity index (χ1n) is 9.12. The number of urea groups is 1. The van der Waals surface area contributed by atoms with Crippen LogP contribution < -0.4 is 5.32 Å². The number of anilines is 1. The van der Waals surface area contributed by atoms with Crippen LogP contribution in [0, 0.1) is 11.8 Å². The quantitative estimate of drug-likeness (QED) is 0.906. The first kappa shape index (κ1) is 19.3. The van der Waals surface area contributed by atoms with E-state index in [4.69, 9.17) is 0 Å². The van der Waals surface area contributed by atoms with Crippen LogP contribution >= 0.6 is 0 Å². The largest absolute Gasteiger partial charge is 0.349 e. The smallest absolute Gasteiger partial charge is 0.321 e. The van der Waals surface area contributed by atoms with Crippen molar-refractivity contribution in [2.75, 3.05) is 26.5 Å². The molecule has 5 nitrogen and oxygen atoms in total. The third kappa shape index (κ3) is 4.97. The molecule has 0 bridgehead atoms. The van der Waals surface area contributed by atoms with Crippen LogP contribution in [-0.4, -0.2) is 48.9 Å². The van der Waals surface area contributed by atoms with E-state index < -0.39 is 0 Å². The van der Waals surface area contributed by atoms with Crippen molar-refractivity contribution in [3.8, 4) is 0 Å². The molecule has 0 aromatic heterocycles. The third-order valence-corrected chi connectivity index (χ3v) is 5.31. The maximum Gasteiger partial charge on any atom is 0.321 e. The van der Waals surface area contributed by atoms with Crippen LogP contribution in [0.4, 0.5) is 10.5 Å². The molecule has 0 radical (unpaired) electrons. The Balaban J connectivity index is 1.96. The average Bonchev–Trinajstić information content (AvgIpc) is 2.56. The molecule has 3 amide bonds. The molecule has 2 unspecified atom stereocenters. The predicted molar refractivity (Wildman–Crippen MR) is 102 cm³/mol. The minimum atomic E-state index is -0.0669. The molecule has 1 aromatic rings. The van der Waals surface area contributed by atoms with Crippen molar-refractivity contribution in [2.24, 2.45) is 11.8 Å². The van der Waals surface area contributed by atoms with Crippen molar-refractivity contribution in [1.29, 1.82) is 0 Å². The number of hydrogen-bond donors (Lipinski definition) is 1. The van der Waals surface area contributed by atoms with Crippen molar-refractivity contribution in [2.45, 2.75) is 45.6 Å². The molecule has 0 saturated heterocycles. The normalized spacial score (nSPS) is 23.0. The van der Waals surface area contributed by atoms with Gasteiger partial charge in [-0.3, -0.25) is 4.79 Å². The van der Waals surface area contributed by atoms with Gasteiger partial charge in [0.15, 0.2) is 0 Å². The van der Waals surface area contributed by atoms with E-state index in [0.29, 0.717) is 18.3 Å². The second-order valence-electron chi connectivity index (χ2n) is 7.58. The molecule has 0 aliphatic heterocycles. The molecule has 1 aliphatic rings. The lowest BCUT2D eigenvalue weighted by atomic mass is 9.78. The van der Waals surface area contributed by atoms with Gasteiger partial charge in [0.1, 0.15) is 0 Å². The highest BCUT2D eigenvalue weighted by molar-refractivity contribution is 5.89. The van der Waals surface area contributed by atoms with Gasteiger partial charge >= 0.3 is 6.03 Å². The number of likely N-dealkylation sites (N-methyl/N-ethyl adjacent to an activating group) is 1. The zero-order chi connectivity index (χ0) is 18.6. The summed E-state index contributed by atoms with van der Waals surface area (Å²) in [6.45, 7) is 4.47. The van der Waals surface area contributed by atoms with Crippen LogP contribution in [0.2, 0.25) is 0 Å². The Bertz CT molecular complexity index is 587. The van der Waals surface area contributed by atoms with Crippen molar-refractivity contribution in [3.05, 3.63) is 29.8 Å². The number of benzene rings is 1. The summed E-state index contributed by atoms with van der Waals surface area (Å²) in [4.78, 5) is 27.8. The van der Waals surface area contributed by atoms with Gasteiger partial charge in [0.25, 0.3) is 0 Å². The van der Waals surface area contributed by atoms with Gasteiger partial charge in [-0.1, -0.05) is 32.4 Å². The van der Waals surface area contributed by atoms with Crippen molar-refractivity contribution in [1.82, 2.24) is 9.80 Å². The molecule has 138 valence electrons. The lowest BCUT2D eigenvalue weighted by Gasteiger charge is -2.40. The van der Waals surface area contributed by atoms with Gasteiger partial charge in [0.05, 0.1) is 6.42 Å². The van der Waals surface area contributed by atoms with E-state index in [2.05, 4.69) is 19.2 Å². The van der Waals surface area contributed by atoms with E-state index >= 15 is 0 Å². The molecule has 2 atom stereocenters. The Kier molecular flexibility index (Phi) is 6.45. The second-order valence-corrected chi connectivity index (χ2v) is 7.58. The number of nitrogens with zero attached hydrogens (tertiary/aromatic N) is 2. The summed E-state index contributed by atoms with van der Waals surface area (Å²) in [7, 11) is 5.39. The molecule has 5 heteroatoms. The molecule has 1 N–H and O–H groups in total. The van der Waals surface area contributed by atoms with Gasteiger partial charge in [0, 0.05) is 32.9 Å². The topological polar surface area (TPSA) is 52.7 Å². The Morgan fingerprint density at radius 2 is 1.60 bits per heavy atom. The van der Waals surface area contributed by atoms with Crippen molar-refractivity contribution < 1.29 is 9.59 Å². The van der Waals surface area contributed by atoms with Crippen LogP contribution in [0.1, 0.15) is 38.7 Å². The van der Waals surface area contributed by atoms with Gasteiger partial charge in [-0.15, -0.1) is 0 Å². The summed E-state index contributed by atoms with van der Waals surface area (Å²) < 4.78 is 0. The summed E-state index contributed by atoms with van der Waals surface area (Å²) >= 11 is 0. The fourth-order valence-corrected chi connectivity index (χ4v) is 3.81. The van der Waals surface area contributed by atoms with Gasteiger partial charge in [-0.25, -0.2) is 4.79 Å². The molecule has 0 spiro atoms. The maximum absolute atomic E-state index is 12.6. The first-order chi connectivity index (χ1) is 11.8. The summed E-state index contributed by atoms with van der Waals surface area (Å²) in [5.74, 6) is 1.12. The van der Waals surface area contributed by atoms with E-state index in [0.717, 1.165) is 11.3 Å². The summed E-state index contributed by atoms with van der Waals surface area (Å²) in [5, 5.41) is 2.98. The number of hydrogen-bond acceptors (Lipinski definition) is 2. The van der Waals surface area contributed by atoms with E-state index in [-0.39, 0.29) is 18.0 Å². The highest BCUT2D eigenvalue weighted by atomic mass is 16.2. The molecule has 1 aliphatic carbocycles. The number of carbonyl (C=O) groups is 2. The molecular weight excluding hydrogens is 314 g/mol. The molecule has 1 fully saturated rings. The minimum absolute atomic E-state index is 0.0665. The molecule has 0 heterocycles. The number of amides is 3. The third-order valence-electron chi connectivity index (χ3n) is 5.31. The van der Waals surface area contributed by atoms with Gasteiger partial charge in [-0.05, 0) is 42.4 Å². The van der Waals surface area contributed by atoms with Crippen molar-refractivity contribution in [3.63, 3.8) is 0 Å². The second kappa shape index (κ2) is 8.37. The molecule has 25 heavy (non-hydrogen) atoms. The zero-order valence-corrected chi connectivity index (χ0v) is 16.1. The zero-order valence-electron chi connectivity index (χ0n) is 16.1. The molecular formula is C20H31N3O2. The Hall–Kier alpha value is -2.04. The lowest BCUT2D eigenvalue weighted by Crippen LogP contribution is -2.48. The monoisotopic (exact) mass is 345 g/mol. The summed E-state index contributed by atoms with van der Waals surface area (Å²) in [6.07, 6.45) is 3.99. The van der Waals surface area contributed by atoms with Gasteiger partial charge < -0.3 is 15.1 Å². The summed E-state index contributed by atoms with van der Waals surface area (Å²) in [6, 6.07) is 7.72. The Labute approximate surface area is 151 Å². The van der Waals surface area contributed by atoms with Crippen LogP contribution in [0.3, 0.4) is 0 Å². The van der Waals surface area contributed by atoms with Crippen molar-refractivity contribution >= 4 is 17.6 Å². The van der Waals surface area contributed by atoms with Gasteiger partial charge in [0.2, 0.25) is 5.91 Å². The Morgan fingerprint density at radius 3 is 2.12 bits per heavy atom. The Morgan fingerprint density at radius 1 is 1.04 bits per heavy atom. The molecule has 1 saturated carbocycles. The van der Waals surface area contributed by atoms with Gasteiger partial charge in [-0.2, -0.15) is 0 Å². The summed E-state index contributed by atoms with van der Waals surface area (Å²) in [5.41, 5.74) is 1.70. The highest BCUT2D eigenvalue weighted by Gasteiger charge is 2.33. The molecule has 1 aromatic carbocycles. The van der Waals surface area contributed by atoms with Crippen LogP contribution in [-0.2, 0) is 11.2 Å². The average molecular weight is 345 g/mol. The number of rotatable bonds is 4. The predicted octanol–water partition coefficient (Wildman–Crippen LogP) is 3.61. The lowest BCUT2D eigenvalue weighted by molar-refractivity contribution is -0.127. The van der Waals surface area contributed by atoms with Crippen LogP contribution in [0.5, 0.6) is 0 Å². The van der Waals surface area contributed by atoms with E-state index in [1.165, 1.54) is 19.3 Å². The standard InChI is InChI=1S/C20H31N3O2/c1-14-7-6-8-15(2)19(14)23(5)20(25)21-17-11-9-16(10-12-17)13-18(24)22(3)4/h9-12,14-15,19H,6-8,13H2,1-5H3,(H,21,25). The fraction of sp³-hybridized carbons (Fsp3) is 0.600. The van der Waals surface area contributed by atoms with E-state index in [1.807, 2.05) is 36.2 Å². The first-order valence-corrected chi connectivity index (χ1v) is 9.12. The van der Waals surface area contributed by atoms with E-state index in [9.17, 15) is 9.59 Å². The number of nitrogens with one attached hydrogen (secondary N) is 1. The van der Waals surface area contributed by atoms with E-state index in [1.54, 1.807) is 19.0 Å². The number of carbonyl (C=O) groups excluding carboxylic acids is 2. The fourth-order valence-electron chi connectivity index (χ4n) is 3.81. The highest BCUT2D eigenvalue weighted by Crippen LogP contribution is 2.32. The van der Waals surface area contributed by atoms with Crippen LogP contribution in [0.15, 0.2) is 24.3 Å².